The summed E-state index contributed by atoms with van der Waals surface area (Å²) in [4.78, 5) is 28.2. The van der Waals surface area contributed by atoms with Crippen LogP contribution in [0.3, 0.4) is 0 Å². The van der Waals surface area contributed by atoms with Gasteiger partial charge < -0.3 is 14.8 Å². The van der Waals surface area contributed by atoms with Gasteiger partial charge in [-0.05, 0) is 18.6 Å². The van der Waals surface area contributed by atoms with Gasteiger partial charge >= 0.3 is 5.97 Å². The van der Waals surface area contributed by atoms with Crippen LogP contribution in [0.25, 0.3) is 10.6 Å². The zero-order valence-electron chi connectivity index (χ0n) is 15.2. The summed E-state index contributed by atoms with van der Waals surface area (Å²) < 4.78 is 32.9. The second-order valence-corrected chi connectivity index (χ2v) is 9.47. The van der Waals surface area contributed by atoms with Crippen LogP contribution in [0.1, 0.15) is 12.1 Å². The minimum Gasteiger partial charge on any atom is -0.497 e. The average molecular weight is 425 g/mol. The van der Waals surface area contributed by atoms with Crippen LogP contribution < -0.4 is 10.1 Å². The van der Waals surface area contributed by atoms with Gasteiger partial charge in [-0.2, -0.15) is 0 Å². The minimum atomic E-state index is -3.08. The van der Waals surface area contributed by atoms with Crippen LogP contribution in [0.15, 0.2) is 29.6 Å². The number of thiazole rings is 1. The molecule has 28 heavy (non-hydrogen) atoms. The molecule has 1 atom stereocenters. The molecule has 2 heterocycles. The fourth-order valence-electron chi connectivity index (χ4n) is 2.80. The Morgan fingerprint density at radius 2 is 2.18 bits per heavy atom. The summed E-state index contributed by atoms with van der Waals surface area (Å²) in [6.45, 7) is -0.442. The first-order valence-corrected chi connectivity index (χ1v) is 11.3. The third-order valence-electron chi connectivity index (χ3n) is 4.16. The van der Waals surface area contributed by atoms with Crippen molar-refractivity contribution in [2.75, 3.05) is 25.2 Å². The standard InChI is InChI=1S/C18H20N2O6S2/c1-25-15-4-2-3-12(7-15)18-20-14(10-27-18)8-17(22)26-9-16(21)19-13-5-6-28(23,24)11-13/h2-4,7,10,13H,5-6,8-9,11H2,1H3,(H,19,21)/t13-/m1/s1. The monoisotopic (exact) mass is 424 g/mol. The number of nitrogens with zero attached hydrogens (tertiary/aromatic N) is 1. The summed E-state index contributed by atoms with van der Waals surface area (Å²) in [6, 6.07) is 7.03. The predicted molar refractivity (Wildman–Crippen MR) is 104 cm³/mol. The van der Waals surface area contributed by atoms with E-state index < -0.39 is 34.4 Å². The van der Waals surface area contributed by atoms with E-state index in [2.05, 4.69) is 10.3 Å². The highest BCUT2D eigenvalue weighted by molar-refractivity contribution is 7.91. The van der Waals surface area contributed by atoms with E-state index in [-0.39, 0.29) is 17.9 Å². The Bertz CT molecular complexity index is 970. The number of hydrogen-bond acceptors (Lipinski definition) is 8. The van der Waals surface area contributed by atoms with Gasteiger partial charge in [0, 0.05) is 17.0 Å². The lowest BCUT2D eigenvalue weighted by molar-refractivity contribution is -0.148. The van der Waals surface area contributed by atoms with Crippen LogP contribution in [0.5, 0.6) is 5.75 Å². The molecule has 0 spiro atoms. The third kappa shape index (κ3) is 5.52. The molecule has 1 aliphatic rings. The number of methoxy groups -OCH3 is 1. The molecule has 1 fully saturated rings. The third-order valence-corrected chi connectivity index (χ3v) is 6.86. The van der Waals surface area contributed by atoms with E-state index >= 15 is 0 Å². The minimum absolute atomic E-state index is 0.0500. The lowest BCUT2D eigenvalue weighted by Gasteiger charge is -2.10. The Labute approximate surface area is 166 Å². The summed E-state index contributed by atoms with van der Waals surface area (Å²) in [5.74, 6) is -0.368. The second-order valence-electron chi connectivity index (χ2n) is 6.38. The predicted octanol–water partition coefficient (Wildman–Crippen LogP) is 1.21. The van der Waals surface area contributed by atoms with Gasteiger partial charge in [0.15, 0.2) is 16.4 Å². The molecular weight excluding hydrogens is 404 g/mol. The van der Waals surface area contributed by atoms with Crippen molar-refractivity contribution in [3.05, 3.63) is 35.3 Å². The van der Waals surface area contributed by atoms with Gasteiger partial charge in [-0.15, -0.1) is 11.3 Å². The molecule has 1 N–H and O–H groups in total. The number of carbonyl (C=O) groups excluding carboxylic acids is 2. The Kier molecular flexibility index (Phi) is 6.30. The number of hydrogen-bond donors (Lipinski definition) is 1. The van der Waals surface area contributed by atoms with Crippen molar-refractivity contribution >= 4 is 33.1 Å². The van der Waals surface area contributed by atoms with Gasteiger partial charge in [0.25, 0.3) is 5.91 Å². The molecular formula is C18H20N2O6S2. The normalized spacial score (nSPS) is 17.8. The van der Waals surface area contributed by atoms with Crippen molar-refractivity contribution in [2.24, 2.45) is 0 Å². The molecule has 0 aliphatic carbocycles. The van der Waals surface area contributed by atoms with Gasteiger partial charge in [-0.3, -0.25) is 9.59 Å². The highest BCUT2D eigenvalue weighted by Crippen LogP contribution is 2.27. The number of amides is 1. The maximum Gasteiger partial charge on any atom is 0.312 e. The fourth-order valence-corrected chi connectivity index (χ4v) is 5.29. The van der Waals surface area contributed by atoms with E-state index in [1.165, 1.54) is 11.3 Å². The highest BCUT2D eigenvalue weighted by Gasteiger charge is 2.29. The second kappa shape index (κ2) is 8.70. The first kappa shape index (κ1) is 20.3. The molecule has 10 heteroatoms. The molecule has 3 rings (SSSR count). The van der Waals surface area contributed by atoms with E-state index in [0.717, 1.165) is 16.3 Å². The summed E-state index contributed by atoms with van der Waals surface area (Å²) in [6.07, 6.45) is 0.333. The van der Waals surface area contributed by atoms with Gasteiger partial charge in [-0.25, -0.2) is 13.4 Å². The molecule has 1 aromatic carbocycles. The number of benzene rings is 1. The van der Waals surface area contributed by atoms with Crippen molar-refractivity contribution in [1.82, 2.24) is 10.3 Å². The molecule has 1 aromatic heterocycles. The van der Waals surface area contributed by atoms with Gasteiger partial charge in [0.1, 0.15) is 10.8 Å². The molecule has 1 aliphatic heterocycles. The summed E-state index contributed by atoms with van der Waals surface area (Å²) in [5.41, 5.74) is 1.44. The van der Waals surface area contributed by atoms with E-state index in [1.807, 2.05) is 24.3 Å². The number of aromatic nitrogens is 1. The number of carbonyl (C=O) groups is 2. The molecule has 2 aromatic rings. The molecule has 1 amide bonds. The van der Waals surface area contributed by atoms with Crippen molar-refractivity contribution in [3.63, 3.8) is 0 Å². The fraction of sp³-hybridized carbons (Fsp3) is 0.389. The van der Waals surface area contributed by atoms with Crippen LogP contribution >= 0.6 is 11.3 Å². The zero-order valence-corrected chi connectivity index (χ0v) is 16.8. The first-order valence-electron chi connectivity index (χ1n) is 8.59. The van der Waals surface area contributed by atoms with Gasteiger partial charge in [0.05, 0.1) is 30.7 Å². The SMILES string of the molecule is COc1cccc(-c2nc(CC(=O)OCC(=O)N[C@@H]3CCS(=O)(=O)C3)cs2)c1. The maximum atomic E-state index is 11.9. The molecule has 8 nitrogen and oxygen atoms in total. The number of esters is 1. The zero-order chi connectivity index (χ0) is 20.1. The van der Waals surface area contributed by atoms with Crippen molar-refractivity contribution < 1.29 is 27.5 Å². The molecule has 0 bridgehead atoms. The van der Waals surface area contributed by atoms with Crippen molar-refractivity contribution in [2.45, 2.75) is 18.9 Å². The average Bonchev–Trinajstić information content (AvgIpc) is 3.26. The van der Waals surface area contributed by atoms with E-state index in [9.17, 15) is 18.0 Å². The van der Waals surface area contributed by atoms with Crippen LogP contribution in [-0.2, 0) is 30.6 Å². The Balaban J connectivity index is 1.47. The number of rotatable bonds is 7. The Morgan fingerprint density at radius 1 is 1.36 bits per heavy atom. The topological polar surface area (TPSA) is 112 Å². The molecule has 150 valence electrons. The smallest absolute Gasteiger partial charge is 0.312 e. The molecule has 1 saturated heterocycles. The molecule has 0 radical (unpaired) electrons. The highest BCUT2D eigenvalue weighted by atomic mass is 32.2. The van der Waals surface area contributed by atoms with Crippen LogP contribution in [-0.4, -0.2) is 56.5 Å². The Morgan fingerprint density at radius 3 is 2.89 bits per heavy atom. The lowest BCUT2D eigenvalue weighted by atomic mass is 10.2. The van der Waals surface area contributed by atoms with Crippen LogP contribution in [0.2, 0.25) is 0 Å². The number of ether oxygens (including phenoxy) is 2. The van der Waals surface area contributed by atoms with Gasteiger partial charge in [-0.1, -0.05) is 12.1 Å². The number of sulfone groups is 1. The first-order chi connectivity index (χ1) is 13.3. The lowest BCUT2D eigenvalue weighted by Crippen LogP contribution is -2.38. The van der Waals surface area contributed by atoms with Crippen LogP contribution in [0.4, 0.5) is 0 Å². The number of nitrogens with one attached hydrogen (secondary N) is 1. The largest absolute Gasteiger partial charge is 0.497 e. The molecule has 0 unspecified atom stereocenters. The van der Waals surface area contributed by atoms with Gasteiger partial charge in [0.2, 0.25) is 0 Å². The van der Waals surface area contributed by atoms with E-state index in [1.54, 1.807) is 12.5 Å². The van der Waals surface area contributed by atoms with E-state index in [0.29, 0.717) is 12.1 Å². The summed E-state index contributed by atoms with van der Waals surface area (Å²) in [7, 11) is -1.49. The van der Waals surface area contributed by atoms with E-state index in [4.69, 9.17) is 9.47 Å². The maximum absolute atomic E-state index is 11.9. The van der Waals surface area contributed by atoms with Crippen molar-refractivity contribution in [3.8, 4) is 16.3 Å². The molecule has 0 saturated carbocycles. The Hall–Kier alpha value is -2.46. The summed E-state index contributed by atoms with van der Waals surface area (Å²) in [5, 5.41) is 5.08. The van der Waals surface area contributed by atoms with Crippen molar-refractivity contribution in [1.29, 1.82) is 0 Å². The summed E-state index contributed by atoms with van der Waals surface area (Å²) >= 11 is 1.40. The van der Waals surface area contributed by atoms with Crippen LogP contribution in [0, 0.1) is 0 Å². The quantitative estimate of drug-likeness (QED) is 0.665.